The van der Waals surface area contributed by atoms with E-state index in [1.54, 1.807) is 10.7 Å². The Morgan fingerprint density at radius 1 is 1.40 bits per heavy atom. The van der Waals surface area contributed by atoms with Gasteiger partial charge in [0, 0.05) is 23.7 Å². The third kappa shape index (κ3) is 3.08. The number of hydrogen-bond acceptors (Lipinski definition) is 3. The molecule has 1 heterocycles. The molecule has 0 radical (unpaired) electrons. The van der Waals surface area contributed by atoms with E-state index in [0.717, 1.165) is 17.0 Å². The molecule has 20 heavy (non-hydrogen) atoms. The van der Waals surface area contributed by atoms with E-state index in [4.69, 9.17) is 33.7 Å². The van der Waals surface area contributed by atoms with Crippen molar-refractivity contribution in [2.45, 2.75) is 26.5 Å². The average molecular weight is 314 g/mol. The first-order chi connectivity index (χ1) is 9.40. The van der Waals surface area contributed by atoms with Gasteiger partial charge >= 0.3 is 0 Å². The molecular weight excluding hydrogens is 297 g/mol. The predicted molar refractivity (Wildman–Crippen MR) is 81.3 cm³/mol. The van der Waals surface area contributed by atoms with Crippen LogP contribution in [0.4, 0.5) is 0 Å². The molecule has 2 N–H and O–H groups in total. The molecule has 0 aliphatic rings. The molecule has 0 saturated carbocycles. The Morgan fingerprint density at radius 2 is 2.10 bits per heavy atom. The summed E-state index contributed by atoms with van der Waals surface area (Å²) in [7, 11) is 1.84. The van der Waals surface area contributed by atoms with Crippen LogP contribution >= 0.6 is 23.2 Å². The van der Waals surface area contributed by atoms with E-state index in [-0.39, 0.29) is 6.04 Å². The number of aromatic nitrogens is 2. The topological polar surface area (TPSA) is 53.1 Å². The van der Waals surface area contributed by atoms with Crippen LogP contribution in [0.2, 0.25) is 10.0 Å². The van der Waals surface area contributed by atoms with E-state index in [1.807, 2.05) is 33.0 Å². The first-order valence-electron chi connectivity index (χ1n) is 6.26. The zero-order valence-electron chi connectivity index (χ0n) is 11.7. The summed E-state index contributed by atoms with van der Waals surface area (Å²) in [6.45, 7) is 4.08. The standard InChI is InChI=1S/C14H17Cl2N3O/c1-8(17)11-6-10(15)4-5-13(11)20-7-12-14(16)9(2)18-19(12)3/h4-6,8H,7,17H2,1-3H3/t8-/m1/s1. The Labute approximate surface area is 128 Å². The quantitative estimate of drug-likeness (QED) is 0.937. The molecule has 2 rings (SSSR count). The molecule has 2 aromatic rings. The Hall–Kier alpha value is -1.23. The molecule has 0 bridgehead atoms. The summed E-state index contributed by atoms with van der Waals surface area (Å²) >= 11 is 12.2. The van der Waals surface area contributed by atoms with Crippen molar-refractivity contribution in [3.8, 4) is 5.75 Å². The molecule has 0 aliphatic carbocycles. The lowest BCUT2D eigenvalue weighted by molar-refractivity contribution is 0.290. The van der Waals surface area contributed by atoms with E-state index in [0.29, 0.717) is 22.4 Å². The van der Waals surface area contributed by atoms with E-state index in [2.05, 4.69) is 5.10 Å². The highest BCUT2D eigenvalue weighted by molar-refractivity contribution is 6.31. The molecule has 0 aliphatic heterocycles. The second kappa shape index (κ2) is 6.04. The summed E-state index contributed by atoms with van der Waals surface area (Å²) < 4.78 is 7.55. The Kier molecular flexibility index (Phi) is 4.58. The third-order valence-corrected chi connectivity index (χ3v) is 3.82. The van der Waals surface area contributed by atoms with Crippen LogP contribution in [0.5, 0.6) is 5.75 Å². The van der Waals surface area contributed by atoms with Crippen molar-refractivity contribution in [1.82, 2.24) is 9.78 Å². The van der Waals surface area contributed by atoms with Crippen molar-refractivity contribution >= 4 is 23.2 Å². The lowest BCUT2D eigenvalue weighted by Crippen LogP contribution is -2.09. The van der Waals surface area contributed by atoms with Crippen molar-refractivity contribution < 1.29 is 4.74 Å². The fourth-order valence-corrected chi connectivity index (χ4v) is 2.38. The van der Waals surface area contributed by atoms with E-state index >= 15 is 0 Å². The minimum atomic E-state index is -0.160. The van der Waals surface area contributed by atoms with Crippen molar-refractivity contribution in [1.29, 1.82) is 0 Å². The highest BCUT2D eigenvalue weighted by Crippen LogP contribution is 2.29. The molecule has 6 heteroatoms. The number of hydrogen-bond donors (Lipinski definition) is 1. The molecule has 4 nitrogen and oxygen atoms in total. The smallest absolute Gasteiger partial charge is 0.131 e. The number of rotatable bonds is 4. The van der Waals surface area contributed by atoms with E-state index < -0.39 is 0 Å². The Bertz CT molecular complexity index is 623. The number of ether oxygens (including phenoxy) is 1. The van der Waals surface area contributed by atoms with Crippen LogP contribution in [-0.2, 0) is 13.7 Å². The summed E-state index contributed by atoms with van der Waals surface area (Å²) in [6, 6.07) is 5.25. The predicted octanol–water partition coefficient (Wildman–Crippen LogP) is 3.63. The summed E-state index contributed by atoms with van der Waals surface area (Å²) in [5, 5.41) is 5.52. The first-order valence-corrected chi connectivity index (χ1v) is 7.01. The molecule has 1 aromatic heterocycles. The summed E-state index contributed by atoms with van der Waals surface area (Å²) in [5.41, 5.74) is 8.42. The third-order valence-electron chi connectivity index (χ3n) is 3.09. The van der Waals surface area contributed by atoms with Gasteiger partial charge in [-0.1, -0.05) is 23.2 Å². The summed E-state index contributed by atoms with van der Waals surface area (Å²) in [5.74, 6) is 0.708. The SMILES string of the molecule is Cc1nn(C)c(COc2ccc(Cl)cc2[C@@H](C)N)c1Cl. The molecule has 1 atom stereocenters. The second-order valence-electron chi connectivity index (χ2n) is 4.73. The fraction of sp³-hybridized carbons (Fsp3) is 0.357. The highest BCUT2D eigenvalue weighted by atomic mass is 35.5. The number of nitrogens with zero attached hydrogens (tertiary/aromatic N) is 2. The number of aryl methyl sites for hydroxylation is 2. The molecular formula is C14H17Cl2N3O. The molecule has 108 valence electrons. The maximum absolute atomic E-state index is 6.20. The van der Waals surface area contributed by atoms with Crippen molar-refractivity contribution in [2.75, 3.05) is 0 Å². The molecule has 0 fully saturated rings. The first kappa shape index (κ1) is 15.2. The van der Waals surface area contributed by atoms with Crippen LogP contribution in [0.3, 0.4) is 0 Å². The van der Waals surface area contributed by atoms with Gasteiger partial charge in [-0.05, 0) is 32.0 Å². The van der Waals surface area contributed by atoms with Crippen LogP contribution < -0.4 is 10.5 Å². The number of benzene rings is 1. The van der Waals surface area contributed by atoms with Crippen LogP contribution in [0.1, 0.15) is 29.9 Å². The van der Waals surface area contributed by atoms with E-state index in [9.17, 15) is 0 Å². The van der Waals surface area contributed by atoms with Crippen molar-refractivity contribution in [2.24, 2.45) is 12.8 Å². The lowest BCUT2D eigenvalue weighted by atomic mass is 10.1. The van der Waals surface area contributed by atoms with Gasteiger partial charge in [0.2, 0.25) is 0 Å². The molecule has 0 spiro atoms. The Morgan fingerprint density at radius 3 is 2.65 bits per heavy atom. The minimum absolute atomic E-state index is 0.160. The van der Waals surface area contributed by atoms with Gasteiger partial charge in [-0.25, -0.2) is 0 Å². The zero-order valence-corrected chi connectivity index (χ0v) is 13.2. The van der Waals surface area contributed by atoms with Crippen molar-refractivity contribution in [3.05, 3.63) is 45.2 Å². The van der Waals surface area contributed by atoms with E-state index in [1.165, 1.54) is 0 Å². The molecule has 0 unspecified atom stereocenters. The average Bonchev–Trinajstić information content (AvgIpc) is 2.62. The molecule has 1 aromatic carbocycles. The van der Waals surface area contributed by atoms with Gasteiger partial charge in [-0.3, -0.25) is 4.68 Å². The van der Waals surface area contributed by atoms with Crippen LogP contribution in [0.15, 0.2) is 18.2 Å². The summed E-state index contributed by atoms with van der Waals surface area (Å²) in [4.78, 5) is 0. The van der Waals surface area contributed by atoms with Gasteiger partial charge < -0.3 is 10.5 Å². The second-order valence-corrected chi connectivity index (χ2v) is 5.54. The Balaban J connectivity index is 2.23. The van der Waals surface area contributed by atoms with Gasteiger partial charge in [0.1, 0.15) is 12.4 Å². The normalized spacial score (nSPS) is 12.5. The van der Waals surface area contributed by atoms with Crippen LogP contribution in [0.25, 0.3) is 0 Å². The summed E-state index contributed by atoms with van der Waals surface area (Å²) in [6.07, 6.45) is 0. The number of nitrogens with two attached hydrogens (primary N) is 1. The minimum Gasteiger partial charge on any atom is -0.487 e. The molecule has 0 saturated heterocycles. The number of halogens is 2. The molecule has 0 amide bonds. The van der Waals surface area contributed by atoms with Crippen LogP contribution in [-0.4, -0.2) is 9.78 Å². The van der Waals surface area contributed by atoms with Gasteiger partial charge in [0.15, 0.2) is 0 Å². The lowest BCUT2D eigenvalue weighted by Gasteiger charge is -2.14. The largest absolute Gasteiger partial charge is 0.487 e. The van der Waals surface area contributed by atoms with Gasteiger partial charge in [-0.2, -0.15) is 5.10 Å². The van der Waals surface area contributed by atoms with Crippen LogP contribution in [0, 0.1) is 6.92 Å². The highest BCUT2D eigenvalue weighted by Gasteiger charge is 2.14. The van der Waals surface area contributed by atoms with Gasteiger partial charge in [-0.15, -0.1) is 0 Å². The fourth-order valence-electron chi connectivity index (χ4n) is 1.99. The maximum Gasteiger partial charge on any atom is 0.131 e. The van der Waals surface area contributed by atoms with Gasteiger partial charge in [0.25, 0.3) is 0 Å². The zero-order chi connectivity index (χ0) is 14.9. The van der Waals surface area contributed by atoms with Gasteiger partial charge in [0.05, 0.1) is 16.4 Å². The monoisotopic (exact) mass is 313 g/mol. The van der Waals surface area contributed by atoms with Crippen molar-refractivity contribution in [3.63, 3.8) is 0 Å². The maximum atomic E-state index is 6.20.